The van der Waals surface area contributed by atoms with Crippen LogP contribution in [0.25, 0.3) is 0 Å². The maximum Gasteiger partial charge on any atom is 0.143 e. The number of para-hydroxylation sites is 1. The molecule has 21 heavy (non-hydrogen) atoms. The van der Waals surface area contributed by atoms with Crippen molar-refractivity contribution < 1.29 is 9.53 Å². The molecule has 112 valence electrons. The third-order valence-electron chi connectivity index (χ3n) is 3.40. The fourth-order valence-electron chi connectivity index (χ4n) is 2.35. The maximum atomic E-state index is 12.4. The number of ketones is 1. The Labute approximate surface area is 133 Å². The average Bonchev–Trinajstić information content (AvgIpc) is 2.75. The summed E-state index contributed by atoms with van der Waals surface area (Å²) >= 11 is 3.52. The molecule has 5 heteroatoms. The van der Waals surface area contributed by atoms with Crippen LogP contribution in [0.15, 0.2) is 28.7 Å². The maximum absolute atomic E-state index is 12.4. The molecular weight excluding hydrogens is 332 g/mol. The minimum Gasteiger partial charge on any atom is -0.496 e. The number of hydrogen-bond acceptors (Lipinski definition) is 3. The van der Waals surface area contributed by atoms with Gasteiger partial charge in [-0.25, -0.2) is 0 Å². The highest BCUT2D eigenvalue weighted by Gasteiger charge is 2.16. The van der Waals surface area contributed by atoms with Crippen LogP contribution in [0.1, 0.15) is 23.9 Å². The van der Waals surface area contributed by atoms with E-state index in [1.54, 1.807) is 7.11 Å². The first-order valence-electron chi connectivity index (χ1n) is 6.92. The first-order valence-corrected chi connectivity index (χ1v) is 7.71. The summed E-state index contributed by atoms with van der Waals surface area (Å²) in [5, 5.41) is 4.42. The van der Waals surface area contributed by atoms with Gasteiger partial charge >= 0.3 is 0 Å². The molecule has 2 rings (SSSR count). The van der Waals surface area contributed by atoms with Gasteiger partial charge in [0.15, 0.2) is 0 Å². The number of nitrogens with zero attached hydrogens (tertiary/aromatic N) is 2. The molecule has 1 heterocycles. The highest BCUT2D eigenvalue weighted by atomic mass is 79.9. The van der Waals surface area contributed by atoms with Crippen LogP contribution in [0, 0.1) is 6.92 Å². The van der Waals surface area contributed by atoms with E-state index in [2.05, 4.69) is 21.0 Å². The third-order valence-corrected chi connectivity index (χ3v) is 4.43. The Morgan fingerprint density at radius 1 is 1.33 bits per heavy atom. The lowest BCUT2D eigenvalue weighted by atomic mass is 10.0. The van der Waals surface area contributed by atoms with Crippen LogP contribution in [0.3, 0.4) is 0 Å². The Morgan fingerprint density at radius 2 is 2.05 bits per heavy atom. The number of Topliss-reactive ketones (excluding diaryl/α,β-unsaturated/α-hetero) is 1. The summed E-state index contributed by atoms with van der Waals surface area (Å²) < 4.78 is 8.09. The third kappa shape index (κ3) is 3.53. The van der Waals surface area contributed by atoms with Gasteiger partial charge in [0.25, 0.3) is 0 Å². The summed E-state index contributed by atoms with van der Waals surface area (Å²) in [4.78, 5) is 12.4. The van der Waals surface area contributed by atoms with Gasteiger partial charge in [0.2, 0.25) is 0 Å². The Bertz CT molecular complexity index is 650. The van der Waals surface area contributed by atoms with Crippen molar-refractivity contribution in [3.05, 3.63) is 45.7 Å². The molecular formula is C16H19BrN2O2. The average molecular weight is 351 g/mol. The molecule has 0 fully saturated rings. The minimum atomic E-state index is 0.148. The molecule has 0 radical (unpaired) electrons. The van der Waals surface area contributed by atoms with Gasteiger partial charge in [-0.05, 0) is 35.8 Å². The normalized spacial score (nSPS) is 10.7. The van der Waals surface area contributed by atoms with Crippen molar-refractivity contribution in [3.63, 3.8) is 0 Å². The van der Waals surface area contributed by atoms with E-state index in [1.165, 1.54) is 0 Å². The second kappa shape index (κ2) is 6.89. The van der Waals surface area contributed by atoms with Gasteiger partial charge in [0, 0.05) is 24.9 Å². The molecule has 0 aliphatic heterocycles. The van der Waals surface area contributed by atoms with E-state index in [0.717, 1.165) is 33.7 Å². The van der Waals surface area contributed by atoms with Crippen molar-refractivity contribution in [2.24, 2.45) is 0 Å². The predicted octanol–water partition coefficient (Wildman–Crippen LogP) is 3.34. The van der Waals surface area contributed by atoms with Crippen LogP contribution in [0.2, 0.25) is 0 Å². The quantitative estimate of drug-likeness (QED) is 0.802. The molecule has 0 aliphatic carbocycles. The van der Waals surface area contributed by atoms with E-state index >= 15 is 0 Å². The van der Waals surface area contributed by atoms with Crippen molar-refractivity contribution in [3.8, 4) is 5.75 Å². The lowest BCUT2D eigenvalue weighted by Gasteiger charge is -2.08. The van der Waals surface area contributed by atoms with E-state index in [0.29, 0.717) is 12.8 Å². The molecule has 0 unspecified atom stereocenters. The Balaban J connectivity index is 2.16. The summed E-state index contributed by atoms with van der Waals surface area (Å²) in [7, 11) is 1.62. The summed E-state index contributed by atoms with van der Waals surface area (Å²) in [6, 6.07) is 7.62. The van der Waals surface area contributed by atoms with E-state index < -0.39 is 0 Å². The number of rotatable bonds is 6. The van der Waals surface area contributed by atoms with Gasteiger partial charge in [0.05, 0.1) is 23.0 Å². The topological polar surface area (TPSA) is 44.1 Å². The number of carbonyl (C=O) groups excluding carboxylic acids is 1. The van der Waals surface area contributed by atoms with Crippen LogP contribution in [-0.2, 0) is 24.2 Å². The van der Waals surface area contributed by atoms with Gasteiger partial charge < -0.3 is 4.74 Å². The number of aromatic nitrogens is 2. The van der Waals surface area contributed by atoms with E-state index in [1.807, 2.05) is 42.8 Å². The smallest absolute Gasteiger partial charge is 0.143 e. The van der Waals surface area contributed by atoms with Crippen LogP contribution in [0.4, 0.5) is 0 Å². The lowest BCUT2D eigenvalue weighted by Crippen LogP contribution is -2.12. The fourth-order valence-corrected chi connectivity index (χ4v) is 2.77. The van der Waals surface area contributed by atoms with E-state index in [-0.39, 0.29) is 5.78 Å². The highest BCUT2D eigenvalue weighted by Crippen LogP contribution is 2.23. The van der Waals surface area contributed by atoms with Crippen LogP contribution >= 0.6 is 15.9 Å². The summed E-state index contributed by atoms with van der Waals surface area (Å²) in [5.74, 6) is 0.903. The largest absolute Gasteiger partial charge is 0.496 e. The molecule has 0 amide bonds. The SMILES string of the molecule is CCn1nc(C)c(Br)c1CC(=O)Cc1ccccc1OC. The molecule has 0 saturated heterocycles. The van der Waals surface area contributed by atoms with Gasteiger partial charge in [0.1, 0.15) is 11.5 Å². The van der Waals surface area contributed by atoms with Crippen LogP contribution in [0.5, 0.6) is 5.75 Å². The van der Waals surface area contributed by atoms with Crippen molar-refractivity contribution >= 4 is 21.7 Å². The number of benzene rings is 1. The molecule has 0 spiro atoms. The van der Waals surface area contributed by atoms with Crippen LogP contribution < -0.4 is 4.74 Å². The molecule has 0 N–H and O–H groups in total. The second-order valence-electron chi connectivity index (χ2n) is 4.87. The Morgan fingerprint density at radius 3 is 2.71 bits per heavy atom. The summed E-state index contributed by atoms with van der Waals surface area (Å²) in [6.45, 7) is 4.71. The zero-order valence-electron chi connectivity index (χ0n) is 12.5. The molecule has 0 atom stereocenters. The van der Waals surface area contributed by atoms with Crippen molar-refractivity contribution in [1.82, 2.24) is 9.78 Å². The number of carbonyl (C=O) groups is 1. The molecule has 0 saturated carbocycles. The van der Waals surface area contributed by atoms with Gasteiger partial charge in [-0.15, -0.1) is 0 Å². The van der Waals surface area contributed by atoms with Crippen molar-refractivity contribution in [2.75, 3.05) is 7.11 Å². The molecule has 0 bridgehead atoms. The molecule has 2 aromatic rings. The molecule has 4 nitrogen and oxygen atoms in total. The first kappa shape index (κ1) is 15.8. The van der Waals surface area contributed by atoms with Gasteiger partial charge in [-0.3, -0.25) is 9.48 Å². The zero-order valence-corrected chi connectivity index (χ0v) is 14.1. The van der Waals surface area contributed by atoms with Crippen LogP contribution in [-0.4, -0.2) is 22.7 Å². The van der Waals surface area contributed by atoms with Crippen molar-refractivity contribution in [2.45, 2.75) is 33.2 Å². The molecule has 1 aromatic heterocycles. The van der Waals surface area contributed by atoms with E-state index in [4.69, 9.17) is 4.74 Å². The molecule has 1 aromatic carbocycles. The number of methoxy groups -OCH3 is 1. The zero-order chi connectivity index (χ0) is 15.4. The minimum absolute atomic E-state index is 0.148. The van der Waals surface area contributed by atoms with Gasteiger partial charge in [-0.2, -0.15) is 5.10 Å². The fraction of sp³-hybridized carbons (Fsp3) is 0.375. The van der Waals surface area contributed by atoms with Gasteiger partial charge in [-0.1, -0.05) is 18.2 Å². The van der Waals surface area contributed by atoms with Crippen molar-refractivity contribution in [1.29, 1.82) is 0 Å². The lowest BCUT2D eigenvalue weighted by molar-refractivity contribution is -0.117. The summed E-state index contributed by atoms with van der Waals surface area (Å²) in [6.07, 6.45) is 0.734. The Kier molecular flexibility index (Phi) is 5.17. The number of ether oxygens (including phenoxy) is 1. The summed E-state index contributed by atoms with van der Waals surface area (Å²) in [5.41, 5.74) is 2.77. The van der Waals surface area contributed by atoms with E-state index in [9.17, 15) is 4.79 Å². The number of hydrogen-bond donors (Lipinski definition) is 0. The number of aryl methyl sites for hydroxylation is 2. The predicted molar refractivity (Wildman–Crippen MR) is 85.7 cm³/mol. The number of halogens is 1. The standard InChI is InChI=1S/C16H19BrN2O2/c1-4-19-14(16(17)11(2)18-19)10-13(20)9-12-7-5-6-8-15(12)21-3/h5-8H,4,9-10H2,1-3H3. The molecule has 0 aliphatic rings. The Hall–Kier alpha value is -1.62. The monoisotopic (exact) mass is 350 g/mol. The second-order valence-corrected chi connectivity index (χ2v) is 5.66. The highest BCUT2D eigenvalue weighted by molar-refractivity contribution is 9.10. The first-order chi connectivity index (χ1) is 10.1.